The fraction of sp³-hybridized carbons (Fsp3) is 0.846. The van der Waals surface area contributed by atoms with Gasteiger partial charge >= 0.3 is 6.09 Å². The molecule has 0 aliphatic carbocycles. The van der Waals surface area contributed by atoms with Gasteiger partial charge in [0.05, 0.1) is 0 Å². The number of carbonyl (C=O) groups is 2. The first kappa shape index (κ1) is 13.3. The fourth-order valence-corrected chi connectivity index (χ4v) is 2.51. The SMILES string of the molecule is CC(C)(C)OC(=O)N1CCN2CCC(=O)CC2C1. The zero-order valence-electron chi connectivity index (χ0n) is 11.4. The van der Waals surface area contributed by atoms with Crippen molar-refractivity contribution >= 4 is 11.9 Å². The standard InChI is InChI=1S/C13H22N2O3/c1-13(2,3)18-12(17)15-7-6-14-5-4-11(16)8-10(14)9-15/h10H,4-9H2,1-3H3. The number of Topliss-reactive ketones (excluding diaryl/α,β-unsaturated/α-hetero) is 1. The van der Waals surface area contributed by atoms with Crippen molar-refractivity contribution in [1.29, 1.82) is 0 Å². The molecule has 0 aromatic rings. The van der Waals surface area contributed by atoms with Gasteiger partial charge in [-0.3, -0.25) is 9.69 Å². The molecule has 1 unspecified atom stereocenters. The smallest absolute Gasteiger partial charge is 0.410 e. The third kappa shape index (κ3) is 3.22. The van der Waals surface area contributed by atoms with Gasteiger partial charge in [-0.25, -0.2) is 4.79 Å². The van der Waals surface area contributed by atoms with E-state index < -0.39 is 5.60 Å². The first-order chi connectivity index (χ1) is 8.35. The van der Waals surface area contributed by atoms with Gasteiger partial charge in [0.25, 0.3) is 0 Å². The van der Waals surface area contributed by atoms with Crippen LogP contribution in [0.2, 0.25) is 0 Å². The van der Waals surface area contributed by atoms with Crippen molar-refractivity contribution in [2.24, 2.45) is 0 Å². The van der Waals surface area contributed by atoms with E-state index in [0.717, 1.165) is 13.1 Å². The van der Waals surface area contributed by atoms with Crippen molar-refractivity contribution < 1.29 is 14.3 Å². The lowest BCUT2D eigenvalue weighted by atomic mass is 9.98. The van der Waals surface area contributed by atoms with E-state index in [0.29, 0.717) is 31.7 Å². The second-order valence-corrected chi connectivity index (χ2v) is 6.11. The third-order valence-corrected chi connectivity index (χ3v) is 3.40. The summed E-state index contributed by atoms with van der Waals surface area (Å²) in [6.45, 7) is 8.59. The highest BCUT2D eigenvalue weighted by Gasteiger charge is 2.35. The summed E-state index contributed by atoms with van der Waals surface area (Å²) in [4.78, 5) is 27.5. The number of hydrogen-bond donors (Lipinski definition) is 0. The predicted molar refractivity (Wildman–Crippen MR) is 67.4 cm³/mol. The van der Waals surface area contributed by atoms with Gasteiger partial charge in [0.15, 0.2) is 0 Å². The lowest BCUT2D eigenvalue weighted by molar-refractivity contribution is -0.124. The Morgan fingerprint density at radius 1 is 1.28 bits per heavy atom. The van der Waals surface area contributed by atoms with Gasteiger partial charge in [0.2, 0.25) is 0 Å². The van der Waals surface area contributed by atoms with Crippen LogP contribution in [0.5, 0.6) is 0 Å². The van der Waals surface area contributed by atoms with Crippen LogP contribution >= 0.6 is 0 Å². The Kier molecular flexibility index (Phi) is 3.61. The highest BCUT2D eigenvalue weighted by Crippen LogP contribution is 2.20. The van der Waals surface area contributed by atoms with Crippen molar-refractivity contribution in [3.63, 3.8) is 0 Å². The van der Waals surface area contributed by atoms with E-state index in [4.69, 9.17) is 4.74 Å². The third-order valence-electron chi connectivity index (χ3n) is 3.40. The Bertz CT molecular complexity index is 349. The molecule has 1 amide bonds. The highest BCUT2D eigenvalue weighted by atomic mass is 16.6. The number of ether oxygens (including phenoxy) is 1. The average Bonchev–Trinajstić information content (AvgIpc) is 2.25. The molecule has 2 saturated heterocycles. The molecule has 0 N–H and O–H groups in total. The normalized spacial score (nSPS) is 25.8. The van der Waals surface area contributed by atoms with Crippen LogP contribution in [0.1, 0.15) is 33.6 Å². The van der Waals surface area contributed by atoms with Gasteiger partial charge in [-0.1, -0.05) is 0 Å². The van der Waals surface area contributed by atoms with E-state index >= 15 is 0 Å². The number of carbonyl (C=O) groups excluding carboxylic acids is 2. The molecule has 0 saturated carbocycles. The Labute approximate surface area is 108 Å². The van der Waals surface area contributed by atoms with E-state index in [1.165, 1.54) is 0 Å². The molecule has 1 atom stereocenters. The number of rotatable bonds is 0. The largest absolute Gasteiger partial charge is 0.444 e. The lowest BCUT2D eigenvalue weighted by Crippen LogP contribution is -2.58. The van der Waals surface area contributed by atoms with Gasteiger partial charge in [0.1, 0.15) is 11.4 Å². The summed E-state index contributed by atoms with van der Waals surface area (Å²) in [5, 5.41) is 0. The average molecular weight is 254 g/mol. The van der Waals surface area contributed by atoms with Crippen LogP contribution < -0.4 is 0 Å². The zero-order chi connectivity index (χ0) is 13.3. The molecule has 0 bridgehead atoms. The minimum absolute atomic E-state index is 0.188. The number of hydrogen-bond acceptors (Lipinski definition) is 4. The van der Waals surface area contributed by atoms with E-state index in [1.807, 2.05) is 20.8 Å². The van der Waals surface area contributed by atoms with Crippen LogP contribution in [0.3, 0.4) is 0 Å². The Balaban J connectivity index is 1.93. The van der Waals surface area contributed by atoms with Crippen molar-refractivity contribution in [2.75, 3.05) is 26.2 Å². The van der Waals surface area contributed by atoms with Crippen LogP contribution in [-0.2, 0) is 9.53 Å². The van der Waals surface area contributed by atoms with Gasteiger partial charge in [-0.05, 0) is 20.8 Å². The molecule has 102 valence electrons. The minimum atomic E-state index is -0.462. The lowest BCUT2D eigenvalue weighted by Gasteiger charge is -2.43. The molecule has 5 nitrogen and oxygen atoms in total. The van der Waals surface area contributed by atoms with Crippen LogP contribution in [-0.4, -0.2) is 59.5 Å². The first-order valence-electron chi connectivity index (χ1n) is 6.59. The van der Waals surface area contributed by atoms with Crippen LogP contribution in [0, 0.1) is 0 Å². The number of amides is 1. The van der Waals surface area contributed by atoms with E-state index in [1.54, 1.807) is 4.90 Å². The zero-order valence-corrected chi connectivity index (χ0v) is 11.4. The summed E-state index contributed by atoms with van der Waals surface area (Å²) in [6.07, 6.45) is 0.961. The van der Waals surface area contributed by atoms with E-state index in [9.17, 15) is 9.59 Å². The monoisotopic (exact) mass is 254 g/mol. The molecule has 2 rings (SSSR count). The molecule has 0 spiro atoms. The van der Waals surface area contributed by atoms with Gasteiger partial charge < -0.3 is 9.64 Å². The number of piperidine rings is 1. The molecule has 5 heteroatoms. The first-order valence-corrected chi connectivity index (χ1v) is 6.59. The number of ketones is 1. The molecule has 2 aliphatic heterocycles. The van der Waals surface area contributed by atoms with E-state index in [2.05, 4.69) is 4.90 Å². The number of fused-ring (bicyclic) bond motifs is 1. The predicted octanol–water partition coefficient (Wildman–Crippen LogP) is 1.27. The number of nitrogens with zero attached hydrogens (tertiary/aromatic N) is 2. The molecular weight excluding hydrogens is 232 g/mol. The summed E-state index contributed by atoms with van der Waals surface area (Å²) < 4.78 is 5.37. The second kappa shape index (κ2) is 4.88. The minimum Gasteiger partial charge on any atom is -0.444 e. The second-order valence-electron chi connectivity index (χ2n) is 6.11. The fourth-order valence-electron chi connectivity index (χ4n) is 2.51. The molecular formula is C13H22N2O3. The Hall–Kier alpha value is -1.10. The summed E-state index contributed by atoms with van der Waals surface area (Å²) in [5.74, 6) is 0.308. The number of piperazine rings is 1. The van der Waals surface area contributed by atoms with Crippen molar-refractivity contribution in [3.8, 4) is 0 Å². The summed E-state index contributed by atoms with van der Waals surface area (Å²) in [6, 6.07) is 0.188. The summed E-state index contributed by atoms with van der Waals surface area (Å²) in [7, 11) is 0. The van der Waals surface area contributed by atoms with Crippen molar-refractivity contribution in [2.45, 2.75) is 45.3 Å². The maximum atomic E-state index is 12.0. The molecule has 2 fully saturated rings. The van der Waals surface area contributed by atoms with Gasteiger partial charge in [-0.15, -0.1) is 0 Å². The quantitative estimate of drug-likeness (QED) is 0.653. The topological polar surface area (TPSA) is 49.9 Å². The van der Waals surface area contributed by atoms with Crippen LogP contribution in [0.25, 0.3) is 0 Å². The maximum Gasteiger partial charge on any atom is 0.410 e. The molecule has 0 aromatic carbocycles. The molecule has 0 aromatic heterocycles. The summed E-state index contributed by atoms with van der Waals surface area (Å²) in [5.41, 5.74) is -0.462. The Morgan fingerprint density at radius 2 is 2.00 bits per heavy atom. The maximum absolute atomic E-state index is 12.0. The van der Waals surface area contributed by atoms with E-state index in [-0.39, 0.29) is 12.1 Å². The van der Waals surface area contributed by atoms with Crippen molar-refractivity contribution in [3.05, 3.63) is 0 Å². The molecule has 2 aliphatic rings. The summed E-state index contributed by atoms with van der Waals surface area (Å²) >= 11 is 0. The van der Waals surface area contributed by atoms with Crippen molar-refractivity contribution in [1.82, 2.24) is 9.80 Å². The van der Waals surface area contributed by atoms with Crippen LogP contribution in [0.15, 0.2) is 0 Å². The molecule has 2 heterocycles. The van der Waals surface area contributed by atoms with Crippen LogP contribution in [0.4, 0.5) is 4.79 Å². The molecule has 18 heavy (non-hydrogen) atoms. The Morgan fingerprint density at radius 3 is 2.67 bits per heavy atom. The molecule has 0 radical (unpaired) electrons. The highest BCUT2D eigenvalue weighted by molar-refractivity contribution is 5.80. The van der Waals surface area contributed by atoms with Gasteiger partial charge in [-0.2, -0.15) is 0 Å². The van der Waals surface area contributed by atoms with Gasteiger partial charge in [0, 0.05) is 45.1 Å².